The van der Waals surface area contributed by atoms with Crippen molar-refractivity contribution in [1.29, 1.82) is 0 Å². The number of carbonyl (C=O) groups excluding carboxylic acids is 1. The Morgan fingerprint density at radius 3 is 2.86 bits per heavy atom. The topological polar surface area (TPSA) is 70.2 Å². The highest BCUT2D eigenvalue weighted by Crippen LogP contribution is 2.34. The van der Waals surface area contributed by atoms with Crippen molar-refractivity contribution in [3.05, 3.63) is 40.5 Å². The highest BCUT2D eigenvalue weighted by atomic mass is 32.1. The van der Waals surface area contributed by atoms with E-state index in [1.54, 1.807) is 18.4 Å². The number of nitrogens with one attached hydrogen (secondary N) is 2. The summed E-state index contributed by atoms with van der Waals surface area (Å²) in [7, 11) is 1.70. The highest BCUT2D eigenvalue weighted by molar-refractivity contribution is 7.15. The van der Waals surface area contributed by atoms with Crippen molar-refractivity contribution >= 4 is 33.3 Å². The van der Waals surface area contributed by atoms with Gasteiger partial charge < -0.3 is 15.0 Å². The third-order valence-electron chi connectivity index (χ3n) is 5.79. The lowest BCUT2D eigenvalue weighted by molar-refractivity contribution is -0.117. The molecule has 0 saturated carbocycles. The Morgan fingerprint density at radius 2 is 2.17 bits per heavy atom. The van der Waals surface area contributed by atoms with E-state index >= 15 is 0 Å². The molecule has 4 rings (SSSR count). The zero-order valence-electron chi connectivity index (χ0n) is 17.2. The molecule has 0 radical (unpaired) electrons. The van der Waals surface area contributed by atoms with Gasteiger partial charge in [0.25, 0.3) is 0 Å². The number of nitrogens with zero attached hydrogens (tertiary/aromatic N) is 2. The average molecular weight is 413 g/mol. The number of methoxy groups -OCH3 is 1. The Bertz CT molecular complexity index is 1000. The van der Waals surface area contributed by atoms with Gasteiger partial charge in [0.2, 0.25) is 5.91 Å². The second kappa shape index (κ2) is 8.55. The van der Waals surface area contributed by atoms with E-state index in [0.29, 0.717) is 17.6 Å². The van der Waals surface area contributed by atoms with Gasteiger partial charge in [-0.25, -0.2) is 4.98 Å². The molecular weight excluding hydrogens is 384 g/mol. The Morgan fingerprint density at radius 1 is 1.38 bits per heavy atom. The number of likely N-dealkylation sites (tertiary alicyclic amines) is 1. The molecule has 0 spiro atoms. The van der Waals surface area contributed by atoms with Crippen LogP contribution in [0.5, 0.6) is 5.75 Å². The van der Waals surface area contributed by atoms with Crippen LogP contribution in [0.3, 0.4) is 0 Å². The van der Waals surface area contributed by atoms with Crippen LogP contribution in [0, 0.1) is 6.92 Å². The SMILES string of the molecule is CCc1nc(NC(=O)CN2CCC(c3c[nH]c4ccc(OC)cc34)CC2)sc1C. The molecule has 3 heterocycles. The predicted octanol–water partition coefficient (Wildman–Crippen LogP) is 4.32. The number of rotatable bonds is 6. The summed E-state index contributed by atoms with van der Waals surface area (Å²) < 4.78 is 5.39. The van der Waals surface area contributed by atoms with Crippen molar-refractivity contribution in [3.63, 3.8) is 0 Å². The van der Waals surface area contributed by atoms with Crippen molar-refractivity contribution in [2.75, 3.05) is 32.1 Å². The molecule has 0 atom stereocenters. The Kier molecular flexibility index (Phi) is 5.87. The zero-order chi connectivity index (χ0) is 20.4. The molecule has 6 nitrogen and oxygen atoms in total. The minimum atomic E-state index is 0.0247. The first-order valence-electron chi connectivity index (χ1n) is 10.2. The molecule has 2 aromatic heterocycles. The van der Waals surface area contributed by atoms with Crippen molar-refractivity contribution in [2.24, 2.45) is 0 Å². The van der Waals surface area contributed by atoms with Crippen LogP contribution in [0.25, 0.3) is 10.9 Å². The number of aromatic nitrogens is 2. The first kappa shape index (κ1) is 19.9. The fraction of sp³-hybridized carbons (Fsp3) is 0.455. The molecule has 0 bridgehead atoms. The second-order valence-electron chi connectivity index (χ2n) is 7.63. The minimum absolute atomic E-state index is 0.0247. The first-order valence-corrected chi connectivity index (χ1v) is 11.0. The third-order valence-corrected chi connectivity index (χ3v) is 6.72. The van der Waals surface area contributed by atoms with Gasteiger partial charge in [0.15, 0.2) is 5.13 Å². The highest BCUT2D eigenvalue weighted by Gasteiger charge is 2.24. The summed E-state index contributed by atoms with van der Waals surface area (Å²) in [5.41, 5.74) is 3.57. The Hall–Kier alpha value is -2.38. The summed E-state index contributed by atoms with van der Waals surface area (Å²) in [4.78, 5) is 23.7. The number of aromatic amines is 1. The van der Waals surface area contributed by atoms with Crippen LogP contribution in [0.1, 0.15) is 41.8 Å². The summed E-state index contributed by atoms with van der Waals surface area (Å²) >= 11 is 1.56. The molecule has 1 aliphatic rings. The smallest absolute Gasteiger partial charge is 0.240 e. The fourth-order valence-electron chi connectivity index (χ4n) is 4.16. The maximum atomic E-state index is 12.4. The van der Waals surface area contributed by atoms with E-state index in [-0.39, 0.29) is 5.91 Å². The van der Waals surface area contributed by atoms with Crippen LogP contribution < -0.4 is 10.1 Å². The van der Waals surface area contributed by atoms with Gasteiger partial charge in [0.1, 0.15) is 5.75 Å². The van der Waals surface area contributed by atoms with Crippen molar-refractivity contribution in [1.82, 2.24) is 14.9 Å². The number of fused-ring (bicyclic) bond motifs is 1. The zero-order valence-corrected chi connectivity index (χ0v) is 18.1. The van der Waals surface area contributed by atoms with Gasteiger partial charge in [-0.1, -0.05) is 6.92 Å². The van der Waals surface area contributed by atoms with E-state index in [1.165, 1.54) is 15.8 Å². The fourth-order valence-corrected chi connectivity index (χ4v) is 5.08. The quantitative estimate of drug-likeness (QED) is 0.632. The van der Waals surface area contributed by atoms with Crippen LogP contribution >= 0.6 is 11.3 Å². The number of piperidine rings is 1. The maximum Gasteiger partial charge on any atom is 0.240 e. The number of thiazole rings is 1. The minimum Gasteiger partial charge on any atom is -0.497 e. The lowest BCUT2D eigenvalue weighted by atomic mass is 9.89. The standard InChI is InChI=1S/C22H28N4O2S/c1-4-19-14(2)29-22(24-19)25-21(27)13-26-9-7-15(8-10-26)18-12-23-20-6-5-16(28-3)11-17(18)20/h5-6,11-12,15,23H,4,7-10,13H2,1-3H3,(H,24,25,27). The third kappa shape index (κ3) is 4.31. The summed E-state index contributed by atoms with van der Waals surface area (Å²) in [5.74, 6) is 1.41. The molecule has 1 aromatic carbocycles. The van der Waals surface area contributed by atoms with Crippen molar-refractivity contribution in [3.8, 4) is 5.75 Å². The number of aryl methyl sites for hydroxylation is 2. The van der Waals surface area contributed by atoms with Crippen LogP contribution in [-0.4, -0.2) is 47.5 Å². The number of hydrogen-bond acceptors (Lipinski definition) is 5. The molecule has 3 aromatic rings. The van der Waals surface area contributed by atoms with Crippen LogP contribution in [0.2, 0.25) is 0 Å². The molecule has 1 aliphatic heterocycles. The number of benzene rings is 1. The van der Waals surface area contributed by atoms with Gasteiger partial charge in [-0.2, -0.15) is 0 Å². The Balaban J connectivity index is 1.34. The van der Waals surface area contributed by atoms with Gasteiger partial charge >= 0.3 is 0 Å². The molecule has 154 valence electrons. The summed E-state index contributed by atoms with van der Waals surface area (Å²) in [6.45, 7) is 6.41. The van der Waals surface area contributed by atoms with Crippen LogP contribution in [-0.2, 0) is 11.2 Å². The first-order chi connectivity index (χ1) is 14.1. The normalized spacial score (nSPS) is 15.7. The number of carbonyl (C=O) groups is 1. The van der Waals surface area contributed by atoms with E-state index in [4.69, 9.17) is 4.74 Å². The number of amides is 1. The van der Waals surface area contributed by atoms with E-state index in [9.17, 15) is 4.79 Å². The van der Waals surface area contributed by atoms with Gasteiger partial charge in [-0.05, 0) is 69.0 Å². The molecule has 0 unspecified atom stereocenters. The number of H-pyrrole nitrogens is 1. The molecule has 1 saturated heterocycles. The predicted molar refractivity (Wildman–Crippen MR) is 118 cm³/mol. The average Bonchev–Trinajstić information content (AvgIpc) is 3.30. The molecule has 0 aliphatic carbocycles. The van der Waals surface area contributed by atoms with Gasteiger partial charge in [0.05, 0.1) is 19.3 Å². The van der Waals surface area contributed by atoms with Gasteiger partial charge in [-0.15, -0.1) is 11.3 Å². The molecule has 7 heteroatoms. The second-order valence-corrected chi connectivity index (χ2v) is 8.83. The number of hydrogen-bond donors (Lipinski definition) is 2. The van der Waals surface area contributed by atoms with E-state index in [1.807, 2.05) is 6.07 Å². The lowest BCUT2D eigenvalue weighted by Gasteiger charge is -2.31. The van der Waals surface area contributed by atoms with Gasteiger partial charge in [0, 0.05) is 22.0 Å². The summed E-state index contributed by atoms with van der Waals surface area (Å²) in [6.07, 6.45) is 5.13. The molecule has 1 fully saturated rings. The number of anilines is 1. The molecule has 29 heavy (non-hydrogen) atoms. The van der Waals surface area contributed by atoms with Crippen LogP contribution in [0.4, 0.5) is 5.13 Å². The van der Waals surface area contributed by atoms with E-state index in [0.717, 1.165) is 49.3 Å². The summed E-state index contributed by atoms with van der Waals surface area (Å²) in [6, 6.07) is 6.17. The van der Waals surface area contributed by atoms with Gasteiger partial charge in [-0.3, -0.25) is 9.69 Å². The number of ether oxygens (including phenoxy) is 1. The van der Waals surface area contributed by atoms with Crippen molar-refractivity contribution in [2.45, 2.75) is 39.0 Å². The van der Waals surface area contributed by atoms with Crippen molar-refractivity contribution < 1.29 is 9.53 Å². The lowest BCUT2D eigenvalue weighted by Crippen LogP contribution is -2.38. The van der Waals surface area contributed by atoms with E-state index < -0.39 is 0 Å². The summed E-state index contributed by atoms with van der Waals surface area (Å²) in [5, 5.41) is 4.93. The van der Waals surface area contributed by atoms with Crippen LogP contribution in [0.15, 0.2) is 24.4 Å². The molecule has 2 N–H and O–H groups in total. The monoisotopic (exact) mass is 412 g/mol. The largest absolute Gasteiger partial charge is 0.497 e. The maximum absolute atomic E-state index is 12.4. The Labute approximate surface area is 175 Å². The molecular formula is C22H28N4O2S. The van der Waals surface area contributed by atoms with E-state index in [2.05, 4.69) is 52.4 Å². The molecule has 1 amide bonds.